The zero-order valence-corrected chi connectivity index (χ0v) is 13.3. The molecule has 1 aromatic carbocycles. The molecule has 0 bridgehead atoms. The van der Waals surface area contributed by atoms with Gasteiger partial charge in [0, 0.05) is 29.8 Å². The monoisotopic (exact) mass is 318 g/mol. The van der Waals surface area contributed by atoms with Gasteiger partial charge in [0.05, 0.1) is 16.3 Å². The normalized spacial score (nSPS) is 10.7. The van der Waals surface area contributed by atoms with E-state index in [1.54, 1.807) is 11.3 Å². The summed E-state index contributed by atoms with van der Waals surface area (Å²) in [5, 5.41) is 14.7. The van der Waals surface area contributed by atoms with Gasteiger partial charge in [-0.25, -0.2) is 9.78 Å². The first-order chi connectivity index (χ1) is 10.5. The number of carbonyl (C=O) groups is 2. The molecule has 0 fully saturated rings. The number of rotatable bonds is 6. The first kappa shape index (κ1) is 16.2. The second-order valence-electron chi connectivity index (χ2n) is 5.22. The molecule has 0 aliphatic heterocycles. The maximum Gasteiger partial charge on any atom is 0.335 e. The topological polar surface area (TPSA) is 79.3 Å². The van der Waals surface area contributed by atoms with E-state index in [1.807, 2.05) is 5.38 Å². The Hall–Kier alpha value is -2.21. The Bertz CT molecular complexity index is 662. The minimum absolute atomic E-state index is 0.167. The van der Waals surface area contributed by atoms with Crippen molar-refractivity contribution in [2.75, 3.05) is 6.54 Å². The lowest BCUT2D eigenvalue weighted by Crippen LogP contribution is -2.25. The van der Waals surface area contributed by atoms with E-state index < -0.39 is 5.97 Å². The fraction of sp³-hybridized carbons (Fsp3) is 0.312. The van der Waals surface area contributed by atoms with E-state index in [9.17, 15) is 9.59 Å². The van der Waals surface area contributed by atoms with Crippen LogP contribution >= 0.6 is 11.3 Å². The molecule has 0 atom stereocenters. The van der Waals surface area contributed by atoms with Crippen LogP contribution in [-0.2, 0) is 6.42 Å². The van der Waals surface area contributed by atoms with Gasteiger partial charge < -0.3 is 10.4 Å². The van der Waals surface area contributed by atoms with Crippen molar-refractivity contribution in [1.29, 1.82) is 0 Å². The third-order valence-corrected chi connectivity index (χ3v) is 4.32. The van der Waals surface area contributed by atoms with Crippen molar-refractivity contribution in [2.45, 2.75) is 26.2 Å². The van der Waals surface area contributed by atoms with Crippen molar-refractivity contribution in [3.63, 3.8) is 0 Å². The second kappa shape index (κ2) is 7.17. The molecule has 6 heteroatoms. The molecule has 1 aromatic heterocycles. The summed E-state index contributed by atoms with van der Waals surface area (Å²) in [6.07, 6.45) is 0.683. The summed E-state index contributed by atoms with van der Waals surface area (Å²) in [5.74, 6) is -0.797. The van der Waals surface area contributed by atoms with Gasteiger partial charge in [-0.15, -0.1) is 11.3 Å². The van der Waals surface area contributed by atoms with Gasteiger partial charge in [0.2, 0.25) is 0 Å². The number of aromatic carboxylic acids is 1. The Morgan fingerprint density at radius 2 is 1.86 bits per heavy atom. The summed E-state index contributed by atoms with van der Waals surface area (Å²) in [4.78, 5) is 27.2. The molecule has 1 amide bonds. The number of carboxylic acid groups (broad SMARTS) is 1. The molecule has 5 nitrogen and oxygen atoms in total. The molecule has 0 aliphatic rings. The highest BCUT2D eigenvalue weighted by Crippen LogP contribution is 2.19. The van der Waals surface area contributed by atoms with Crippen molar-refractivity contribution in [1.82, 2.24) is 10.3 Å². The lowest BCUT2D eigenvalue weighted by molar-refractivity contribution is 0.0696. The maximum absolute atomic E-state index is 12.0. The number of carbonyl (C=O) groups excluding carboxylic acids is 1. The van der Waals surface area contributed by atoms with Crippen molar-refractivity contribution in [3.8, 4) is 0 Å². The molecule has 0 radical (unpaired) electrons. The molecular formula is C16H18N2O3S. The Balaban J connectivity index is 1.85. The SMILES string of the molecule is CC(C)c1nc(CCNC(=O)c2ccc(C(=O)O)cc2)cs1. The number of hydrogen-bond donors (Lipinski definition) is 2. The molecular weight excluding hydrogens is 300 g/mol. The molecule has 116 valence electrons. The van der Waals surface area contributed by atoms with Gasteiger partial charge in [-0.2, -0.15) is 0 Å². The minimum atomic E-state index is -1.00. The molecule has 2 N–H and O–H groups in total. The Morgan fingerprint density at radius 3 is 2.41 bits per heavy atom. The number of nitrogens with zero attached hydrogens (tertiary/aromatic N) is 1. The van der Waals surface area contributed by atoms with Crippen molar-refractivity contribution < 1.29 is 14.7 Å². The van der Waals surface area contributed by atoms with E-state index in [0.29, 0.717) is 24.4 Å². The first-order valence-electron chi connectivity index (χ1n) is 7.03. The van der Waals surface area contributed by atoms with E-state index in [0.717, 1.165) is 10.7 Å². The maximum atomic E-state index is 12.0. The van der Waals surface area contributed by atoms with Crippen LogP contribution in [0.3, 0.4) is 0 Å². The van der Waals surface area contributed by atoms with Crippen molar-refractivity contribution >= 4 is 23.2 Å². The number of carboxylic acids is 1. The van der Waals surface area contributed by atoms with Crippen LogP contribution in [0, 0.1) is 0 Å². The molecule has 1 heterocycles. The minimum Gasteiger partial charge on any atom is -0.478 e. The number of thiazole rings is 1. The second-order valence-corrected chi connectivity index (χ2v) is 6.11. The highest BCUT2D eigenvalue weighted by molar-refractivity contribution is 7.09. The van der Waals surface area contributed by atoms with Gasteiger partial charge in [-0.1, -0.05) is 13.8 Å². The summed E-state index contributed by atoms with van der Waals surface area (Å²) in [6, 6.07) is 5.87. The van der Waals surface area contributed by atoms with Gasteiger partial charge in [0.1, 0.15) is 0 Å². The molecule has 2 aromatic rings. The summed E-state index contributed by atoms with van der Waals surface area (Å²) in [7, 11) is 0. The highest BCUT2D eigenvalue weighted by atomic mass is 32.1. The summed E-state index contributed by atoms with van der Waals surface area (Å²) < 4.78 is 0. The lowest BCUT2D eigenvalue weighted by Gasteiger charge is -2.04. The zero-order chi connectivity index (χ0) is 16.1. The summed E-state index contributed by atoms with van der Waals surface area (Å²) >= 11 is 1.64. The molecule has 0 saturated carbocycles. The van der Waals surface area contributed by atoms with Crippen LogP contribution in [0.5, 0.6) is 0 Å². The predicted molar refractivity (Wildman–Crippen MR) is 85.6 cm³/mol. The van der Waals surface area contributed by atoms with E-state index >= 15 is 0 Å². The van der Waals surface area contributed by atoms with Crippen LogP contribution < -0.4 is 5.32 Å². The molecule has 22 heavy (non-hydrogen) atoms. The Morgan fingerprint density at radius 1 is 1.23 bits per heavy atom. The molecule has 0 unspecified atom stereocenters. The van der Waals surface area contributed by atoms with Crippen LogP contribution in [0.2, 0.25) is 0 Å². The van der Waals surface area contributed by atoms with Crippen LogP contribution in [0.15, 0.2) is 29.6 Å². The number of amides is 1. The van der Waals surface area contributed by atoms with Crippen molar-refractivity contribution in [2.24, 2.45) is 0 Å². The molecule has 2 rings (SSSR count). The smallest absolute Gasteiger partial charge is 0.335 e. The number of hydrogen-bond acceptors (Lipinski definition) is 4. The third-order valence-electron chi connectivity index (χ3n) is 3.12. The van der Waals surface area contributed by atoms with Gasteiger partial charge in [-0.05, 0) is 24.3 Å². The van der Waals surface area contributed by atoms with Crippen LogP contribution in [0.4, 0.5) is 0 Å². The number of nitrogens with one attached hydrogen (secondary N) is 1. The van der Waals surface area contributed by atoms with E-state index in [2.05, 4.69) is 24.1 Å². The van der Waals surface area contributed by atoms with Gasteiger partial charge >= 0.3 is 5.97 Å². The van der Waals surface area contributed by atoms with E-state index in [-0.39, 0.29) is 11.5 Å². The summed E-state index contributed by atoms with van der Waals surface area (Å²) in [5.41, 5.74) is 1.60. The van der Waals surface area contributed by atoms with Gasteiger partial charge in [0.25, 0.3) is 5.91 Å². The standard InChI is InChI=1S/C16H18N2O3S/c1-10(2)15-18-13(9-22-15)7-8-17-14(19)11-3-5-12(6-4-11)16(20)21/h3-6,9-10H,7-8H2,1-2H3,(H,17,19)(H,20,21). The van der Waals surface area contributed by atoms with Gasteiger partial charge in [0.15, 0.2) is 0 Å². The first-order valence-corrected chi connectivity index (χ1v) is 7.91. The average Bonchev–Trinajstić information content (AvgIpc) is 2.96. The molecule has 0 saturated heterocycles. The number of benzene rings is 1. The Kier molecular flexibility index (Phi) is 5.27. The van der Waals surface area contributed by atoms with E-state index in [1.165, 1.54) is 24.3 Å². The van der Waals surface area contributed by atoms with Crippen LogP contribution in [0.1, 0.15) is 51.2 Å². The predicted octanol–water partition coefficient (Wildman–Crippen LogP) is 2.94. The van der Waals surface area contributed by atoms with Crippen LogP contribution in [-0.4, -0.2) is 28.5 Å². The fourth-order valence-corrected chi connectivity index (χ4v) is 2.74. The highest BCUT2D eigenvalue weighted by Gasteiger charge is 2.09. The molecule has 0 aliphatic carbocycles. The largest absolute Gasteiger partial charge is 0.478 e. The molecule has 0 spiro atoms. The summed E-state index contributed by atoms with van der Waals surface area (Å²) in [6.45, 7) is 4.71. The van der Waals surface area contributed by atoms with Crippen molar-refractivity contribution in [3.05, 3.63) is 51.5 Å². The fourth-order valence-electron chi connectivity index (χ4n) is 1.87. The lowest BCUT2D eigenvalue weighted by atomic mass is 10.1. The number of aromatic nitrogens is 1. The zero-order valence-electron chi connectivity index (χ0n) is 12.5. The van der Waals surface area contributed by atoms with E-state index in [4.69, 9.17) is 5.11 Å². The van der Waals surface area contributed by atoms with Crippen LogP contribution in [0.25, 0.3) is 0 Å². The van der Waals surface area contributed by atoms with Gasteiger partial charge in [-0.3, -0.25) is 4.79 Å². The third kappa shape index (κ3) is 4.14. The average molecular weight is 318 g/mol. The Labute approximate surface area is 133 Å². The quantitative estimate of drug-likeness (QED) is 0.858.